The number of carbonyl (C=O) groups excluding carboxylic acids is 2. The number of amides is 2. The van der Waals surface area contributed by atoms with Crippen molar-refractivity contribution in [2.45, 2.75) is 43.8 Å². The highest BCUT2D eigenvalue weighted by atomic mass is 16.2. The summed E-state index contributed by atoms with van der Waals surface area (Å²) >= 11 is 0. The molecule has 0 radical (unpaired) electrons. The van der Waals surface area contributed by atoms with E-state index in [0.717, 1.165) is 23.6 Å². The van der Waals surface area contributed by atoms with Gasteiger partial charge >= 0.3 is 0 Å². The quantitative estimate of drug-likeness (QED) is 0.758. The maximum Gasteiger partial charge on any atom is 0.261 e. The molecule has 2 amide bonds. The Kier molecular flexibility index (Phi) is 2.89. The smallest absolute Gasteiger partial charge is 0.261 e. The van der Waals surface area contributed by atoms with Crippen LogP contribution in [0.2, 0.25) is 0 Å². The van der Waals surface area contributed by atoms with Gasteiger partial charge in [0.1, 0.15) is 0 Å². The van der Waals surface area contributed by atoms with Gasteiger partial charge in [-0.3, -0.25) is 14.5 Å². The minimum absolute atomic E-state index is 0.0299. The maximum atomic E-state index is 13.1. The summed E-state index contributed by atoms with van der Waals surface area (Å²) in [5.74, 6) is -0.225. The molecule has 3 aliphatic rings. The van der Waals surface area contributed by atoms with Crippen molar-refractivity contribution < 1.29 is 9.59 Å². The van der Waals surface area contributed by atoms with Crippen molar-refractivity contribution in [2.75, 3.05) is 7.05 Å². The number of imide groups is 1. The van der Waals surface area contributed by atoms with Crippen LogP contribution in [0.1, 0.15) is 46.4 Å². The van der Waals surface area contributed by atoms with Gasteiger partial charge in [0.2, 0.25) is 0 Å². The molecular formula is C20H20N2O2. The number of nitrogens with zero attached hydrogens (tertiary/aromatic N) is 2. The second kappa shape index (κ2) is 4.90. The second-order valence-corrected chi connectivity index (χ2v) is 7.37. The largest absolute Gasteiger partial charge is 0.300 e. The Hall–Kier alpha value is -2.20. The van der Waals surface area contributed by atoms with Crippen LogP contribution < -0.4 is 0 Å². The third kappa shape index (κ3) is 1.77. The predicted molar refractivity (Wildman–Crippen MR) is 92.0 cm³/mol. The molecule has 4 nitrogen and oxygen atoms in total. The molecule has 2 bridgehead atoms. The lowest BCUT2D eigenvalue weighted by atomic mass is 9.90. The SMILES string of the molecule is CN1[C@@H]2CC[C@H]1C[C@H](N1C(=O)c3cccc4cccc(c34)C1=O)C2. The minimum atomic E-state index is -0.113. The highest BCUT2D eigenvalue weighted by Gasteiger charge is 2.45. The van der Waals surface area contributed by atoms with Crippen molar-refractivity contribution in [3.05, 3.63) is 47.5 Å². The van der Waals surface area contributed by atoms with E-state index in [9.17, 15) is 9.59 Å². The molecule has 0 N–H and O–H groups in total. The summed E-state index contributed by atoms with van der Waals surface area (Å²) in [5, 5.41) is 1.79. The van der Waals surface area contributed by atoms with E-state index in [1.165, 1.54) is 12.8 Å². The third-order valence-corrected chi connectivity index (χ3v) is 6.24. The zero-order chi connectivity index (χ0) is 16.4. The summed E-state index contributed by atoms with van der Waals surface area (Å²) in [4.78, 5) is 30.2. The van der Waals surface area contributed by atoms with Gasteiger partial charge in [-0.25, -0.2) is 0 Å². The molecule has 122 valence electrons. The molecule has 5 rings (SSSR count). The summed E-state index contributed by atoms with van der Waals surface area (Å²) in [6.07, 6.45) is 4.17. The molecule has 0 aromatic heterocycles. The van der Waals surface area contributed by atoms with Crippen LogP contribution in [0.5, 0.6) is 0 Å². The number of hydrogen-bond acceptors (Lipinski definition) is 3. The van der Waals surface area contributed by atoms with Crippen molar-refractivity contribution in [1.29, 1.82) is 0 Å². The normalized spacial score (nSPS) is 29.5. The fraction of sp³-hybridized carbons (Fsp3) is 0.400. The molecule has 2 saturated heterocycles. The van der Waals surface area contributed by atoms with Gasteiger partial charge in [0.15, 0.2) is 0 Å². The van der Waals surface area contributed by atoms with Crippen LogP contribution in [0, 0.1) is 0 Å². The monoisotopic (exact) mass is 320 g/mol. The van der Waals surface area contributed by atoms with E-state index in [2.05, 4.69) is 11.9 Å². The van der Waals surface area contributed by atoms with Crippen LogP contribution in [-0.4, -0.2) is 46.8 Å². The first kappa shape index (κ1) is 14.2. The van der Waals surface area contributed by atoms with E-state index in [4.69, 9.17) is 0 Å². The van der Waals surface area contributed by atoms with E-state index in [1.54, 1.807) is 4.90 Å². The third-order valence-electron chi connectivity index (χ3n) is 6.24. The van der Waals surface area contributed by atoms with Crippen molar-refractivity contribution in [2.24, 2.45) is 0 Å². The first-order chi connectivity index (χ1) is 11.6. The molecule has 0 unspecified atom stereocenters. The Morgan fingerprint density at radius 2 is 1.38 bits per heavy atom. The maximum absolute atomic E-state index is 13.1. The minimum Gasteiger partial charge on any atom is -0.300 e. The number of fused-ring (bicyclic) bond motifs is 2. The summed E-state index contributed by atoms with van der Waals surface area (Å²) in [5.41, 5.74) is 1.35. The summed E-state index contributed by atoms with van der Waals surface area (Å²) < 4.78 is 0. The van der Waals surface area contributed by atoms with Gasteiger partial charge in [0.25, 0.3) is 11.8 Å². The van der Waals surface area contributed by atoms with E-state index in [1.807, 2.05) is 36.4 Å². The lowest BCUT2D eigenvalue weighted by Crippen LogP contribution is -2.54. The Bertz CT molecular complexity index is 810. The van der Waals surface area contributed by atoms with Crippen LogP contribution in [0.15, 0.2) is 36.4 Å². The van der Waals surface area contributed by atoms with E-state index >= 15 is 0 Å². The Labute approximate surface area is 141 Å². The molecule has 2 aromatic rings. The second-order valence-electron chi connectivity index (χ2n) is 7.37. The predicted octanol–water partition coefficient (Wildman–Crippen LogP) is 3.06. The summed E-state index contributed by atoms with van der Waals surface area (Å²) in [7, 11) is 2.18. The molecule has 24 heavy (non-hydrogen) atoms. The number of carbonyl (C=O) groups is 2. The number of piperidine rings is 1. The number of hydrogen-bond donors (Lipinski definition) is 0. The van der Waals surface area contributed by atoms with Crippen molar-refractivity contribution in [1.82, 2.24) is 9.80 Å². The van der Waals surface area contributed by atoms with Crippen molar-refractivity contribution in [3.8, 4) is 0 Å². The average Bonchev–Trinajstić information content (AvgIpc) is 2.81. The van der Waals surface area contributed by atoms with Crippen molar-refractivity contribution in [3.63, 3.8) is 0 Å². The summed E-state index contributed by atoms with van der Waals surface area (Å²) in [6, 6.07) is 12.5. The Morgan fingerprint density at radius 3 is 1.92 bits per heavy atom. The van der Waals surface area contributed by atoms with Gasteiger partial charge < -0.3 is 4.90 Å². The number of benzene rings is 2. The first-order valence-corrected chi connectivity index (χ1v) is 8.76. The fourth-order valence-corrected chi connectivity index (χ4v) is 4.97. The highest BCUT2D eigenvalue weighted by Crippen LogP contribution is 2.39. The molecule has 0 spiro atoms. The van der Waals surface area contributed by atoms with Crippen LogP contribution >= 0.6 is 0 Å². The molecular weight excluding hydrogens is 300 g/mol. The Morgan fingerprint density at radius 1 is 0.833 bits per heavy atom. The van der Waals surface area contributed by atoms with E-state index in [0.29, 0.717) is 23.2 Å². The molecule has 4 heteroatoms. The van der Waals surface area contributed by atoms with Gasteiger partial charge in [-0.15, -0.1) is 0 Å². The van der Waals surface area contributed by atoms with E-state index < -0.39 is 0 Å². The molecule has 3 aliphatic heterocycles. The fourth-order valence-electron chi connectivity index (χ4n) is 4.97. The molecule has 0 saturated carbocycles. The lowest BCUT2D eigenvalue weighted by molar-refractivity contribution is 0.0397. The zero-order valence-corrected chi connectivity index (χ0v) is 13.7. The van der Waals surface area contributed by atoms with Gasteiger partial charge in [-0.1, -0.05) is 24.3 Å². The van der Waals surface area contributed by atoms with Crippen LogP contribution in [0.4, 0.5) is 0 Å². The van der Waals surface area contributed by atoms with Gasteiger partial charge in [0, 0.05) is 34.6 Å². The average molecular weight is 320 g/mol. The zero-order valence-electron chi connectivity index (χ0n) is 13.7. The standard InChI is InChI=1S/C20H20N2O2/c1-21-13-8-9-14(21)11-15(10-13)22-19(23)16-6-2-4-12-5-3-7-17(18(12)16)20(22)24/h2-7,13-15H,8-11H2,1H3/t13-,14+,15-. The van der Waals surface area contributed by atoms with Gasteiger partial charge in [-0.2, -0.15) is 0 Å². The molecule has 0 aliphatic carbocycles. The molecule has 2 fully saturated rings. The molecule has 3 heterocycles. The summed E-state index contributed by atoms with van der Waals surface area (Å²) in [6.45, 7) is 0. The van der Waals surface area contributed by atoms with Gasteiger partial charge in [0.05, 0.1) is 0 Å². The number of rotatable bonds is 1. The Balaban J connectivity index is 1.60. The van der Waals surface area contributed by atoms with E-state index in [-0.39, 0.29) is 17.9 Å². The highest BCUT2D eigenvalue weighted by molar-refractivity contribution is 6.25. The molecule has 3 atom stereocenters. The van der Waals surface area contributed by atoms with Crippen LogP contribution in [0.25, 0.3) is 10.8 Å². The lowest BCUT2D eigenvalue weighted by Gasteiger charge is -2.42. The molecule has 2 aromatic carbocycles. The van der Waals surface area contributed by atoms with Crippen LogP contribution in [-0.2, 0) is 0 Å². The topological polar surface area (TPSA) is 40.6 Å². The first-order valence-electron chi connectivity index (χ1n) is 8.76. The van der Waals surface area contributed by atoms with Gasteiger partial charge in [-0.05, 0) is 50.2 Å². The van der Waals surface area contributed by atoms with Crippen LogP contribution in [0.3, 0.4) is 0 Å². The van der Waals surface area contributed by atoms with Crippen molar-refractivity contribution >= 4 is 22.6 Å².